The quantitative estimate of drug-likeness (QED) is 0.891. The van der Waals surface area contributed by atoms with Crippen LogP contribution in [0.3, 0.4) is 0 Å². The molecule has 0 bridgehead atoms. The number of nitrogens with zero attached hydrogens (tertiary/aromatic N) is 2. The number of nitrogens with one attached hydrogen (secondary N) is 1. The fourth-order valence-electron chi connectivity index (χ4n) is 1.63. The van der Waals surface area contributed by atoms with Crippen molar-refractivity contribution in [3.8, 4) is 11.5 Å². The van der Waals surface area contributed by atoms with Gasteiger partial charge in [0.2, 0.25) is 5.91 Å². The zero-order chi connectivity index (χ0) is 13.8. The maximum Gasteiger partial charge on any atom is 0.254 e. The van der Waals surface area contributed by atoms with Gasteiger partial charge in [0.05, 0.1) is 12.6 Å². The standard InChI is InChI=1S/C13H15N3O3/c1-9(2)15-12(17)7-16-8-14-10(6-13(16)18)11-4-3-5-19-11/h3-6,8-9H,7H2,1-2H3,(H,15,17). The van der Waals surface area contributed by atoms with Crippen molar-refractivity contribution in [3.05, 3.63) is 41.1 Å². The van der Waals surface area contributed by atoms with Crippen LogP contribution in [0.25, 0.3) is 11.5 Å². The molecule has 0 aliphatic rings. The summed E-state index contributed by atoms with van der Waals surface area (Å²) in [5.74, 6) is 0.306. The first-order valence-corrected chi connectivity index (χ1v) is 5.96. The number of aromatic nitrogens is 2. The predicted octanol–water partition coefficient (Wildman–Crippen LogP) is 1.03. The Labute approximate surface area is 110 Å². The monoisotopic (exact) mass is 261 g/mol. The minimum atomic E-state index is -0.291. The summed E-state index contributed by atoms with van der Waals surface area (Å²) in [4.78, 5) is 27.5. The fraction of sp³-hybridized carbons (Fsp3) is 0.308. The van der Waals surface area contributed by atoms with Crippen LogP contribution in [0.1, 0.15) is 13.8 Å². The molecule has 1 N–H and O–H groups in total. The summed E-state index contributed by atoms with van der Waals surface area (Å²) in [7, 11) is 0. The third-order valence-corrected chi connectivity index (χ3v) is 2.42. The largest absolute Gasteiger partial charge is 0.463 e. The van der Waals surface area contributed by atoms with E-state index in [1.165, 1.54) is 23.2 Å². The molecular weight excluding hydrogens is 246 g/mol. The number of carbonyl (C=O) groups is 1. The van der Waals surface area contributed by atoms with Gasteiger partial charge in [-0.3, -0.25) is 14.2 Å². The number of hydrogen-bond acceptors (Lipinski definition) is 4. The Balaban J connectivity index is 2.16. The Kier molecular flexibility index (Phi) is 3.79. The van der Waals surface area contributed by atoms with E-state index in [-0.39, 0.29) is 24.1 Å². The highest BCUT2D eigenvalue weighted by Crippen LogP contribution is 2.14. The van der Waals surface area contributed by atoms with E-state index in [0.29, 0.717) is 11.5 Å². The van der Waals surface area contributed by atoms with Crippen molar-refractivity contribution in [2.24, 2.45) is 0 Å². The van der Waals surface area contributed by atoms with Crippen molar-refractivity contribution in [3.63, 3.8) is 0 Å². The highest BCUT2D eigenvalue weighted by molar-refractivity contribution is 5.75. The molecule has 2 aromatic rings. The van der Waals surface area contributed by atoms with E-state index >= 15 is 0 Å². The smallest absolute Gasteiger partial charge is 0.254 e. The minimum absolute atomic E-state index is 0.0392. The Morgan fingerprint density at radius 2 is 2.32 bits per heavy atom. The summed E-state index contributed by atoms with van der Waals surface area (Å²) in [6.07, 6.45) is 2.86. The van der Waals surface area contributed by atoms with Crippen LogP contribution in [-0.4, -0.2) is 21.5 Å². The zero-order valence-corrected chi connectivity index (χ0v) is 10.8. The maximum atomic E-state index is 11.9. The summed E-state index contributed by atoms with van der Waals surface area (Å²) in [5, 5.41) is 2.72. The maximum absolute atomic E-state index is 11.9. The Morgan fingerprint density at radius 3 is 2.89 bits per heavy atom. The molecule has 0 saturated heterocycles. The van der Waals surface area contributed by atoms with Gasteiger partial charge in [0.1, 0.15) is 12.2 Å². The van der Waals surface area contributed by atoms with Gasteiger partial charge in [-0.2, -0.15) is 0 Å². The number of rotatable bonds is 4. The summed E-state index contributed by atoms with van der Waals surface area (Å²) in [5.41, 5.74) is 0.163. The van der Waals surface area contributed by atoms with E-state index in [9.17, 15) is 9.59 Å². The van der Waals surface area contributed by atoms with Crippen LogP contribution in [0.15, 0.2) is 40.0 Å². The molecule has 2 rings (SSSR count). The minimum Gasteiger partial charge on any atom is -0.463 e. The van der Waals surface area contributed by atoms with Crippen LogP contribution in [0.5, 0.6) is 0 Å². The van der Waals surface area contributed by atoms with Crippen LogP contribution in [0.2, 0.25) is 0 Å². The van der Waals surface area contributed by atoms with Gasteiger partial charge in [-0.25, -0.2) is 4.98 Å². The number of furan rings is 1. The summed E-state index contributed by atoms with van der Waals surface area (Å²) in [6, 6.07) is 4.83. The molecule has 1 amide bonds. The zero-order valence-electron chi connectivity index (χ0n) is 10.8. The van der Waals surface area contributed by atoms with Crippen LogP contribution in [-0.2, 0) is 11.3 Å². The first-order chi connectivity index (χ1) is 9.06. The van der Waals surface area contributed by atoms with Crippen LogP contribution >= 0.6 is 0 Å². The molecule has 0 fully saturated rings. The van der Waals surface area contributed by atoms with Gasteiger partial charge in [0, 0.05) is 12.1 Å². The molecule has 0 radical (unpaired) electrons. The second kappa shape index (κ2) is 5.51. The molecule has 0 saturated carbocycles. The Bertz CT molecular complexity index is 614. The van der Waals surface area contributed by atoms with Gasteiger partial charge in [0.25, 0.3) is 5.56 Å². The topological polar surface area (TPSA) is 77.1 Å². The molecule has 0 aromatic carbocycles. The third-order valence-electron chi connectivity index (χ3n) is 2.42. The molecule has 2 heterocycles. The van der Waals surface area contributed by atoms with Crippen LogP contribution in [0, 0.1) is 0 Å². The predicted molar refractivity (Wildman–Crippen MR) is 69.5 cm³/mol. The van der Waals surface area contributed by atoms with Crippen molar-refractivity contribution < 1.29 is 9.21 Å². The first kappa shape index (κ1) is 13.1. The highest BCUT2D eigenvalue weighted by atomic mass is 16.3. The van der Waals surface area contributed by atoms with E-state index in [4.69, 9.17) is 4.42 Å². The molecule has 6 heteroatoms. The van der Waals surface area contributed by atoms with Gasteiger partial charge >= 0.3 is 0 Å². The van der Waals surface area contributed by atoms with Gasteiger partial charge in [0.15, 0.2) is 5.76 Å². The lowest BCUT2D eigenvalue weighted by atomic mass is 10.3. The molecule has 0 aliphatic heterocycles. The fourth-order valence-corrected chi connectivity index (χ4v) is 1.63. The van der Waals surface area contributed by atoms with E-state index in [0.717, 1.165) is 0 Å². The van der Waals surface area contributed by atoms with E-state index in [2.05, 4.69) is 10.3 Å². The highest BCUT2D eigenvalue weighted by Gasteiger charge is 2.08. The SMILES string of the molecule is CC(C)NC(=O)Cn1cnc(-c2ccco2)cc1=O. The molecule has 0 atom stereocenters. The Hall–Kier alpha value is -2.37. The van der Waals surface area contributed by atoms with Crippen molar-refractivity contribution in [2.75, 3.05) is 0 Å². The molecule has 100 valence electrons. The lowest BCUT2D eigenvalue weighted by Crippen LogP contribution is -2.35. The first-order valence-electron chi connectivity index (χ1n) is 5.96. The lowest BCUT2D eigenvalue weighted by molar-refractivity contribution is -0.122. The van der Waals surface area contributed by atoms with E-state index < -0.39 is 0 Å². The molecule has 0 spiro atoms. The van der Waals surface area contributed by atoms with Crippen molar-refractivity contribution >= 4 is 5.91 Å². The number of hydrogen-bond donors (Lipinski definition) is 1. The summed E-state index contributed by atoms with van der Waals surface area (Å²) in [6.45, 7) is 3.68. The molecule has 0 unspecified atom stereocenters. The lowest BCUT2D eigenvalue weighted by Gasteiger charge is -2.09. The summed E-state index contributed by atoms with van der Waals surface area (Å²) < 4.78 is 6.41. The van der Waals surface area contributed by atoms with Gasteiger partial charge in [-0.15, -0.1) is 0 Å². The van der Waals surface area contributed by atoms with Crippen LogP contribution in [0.4, 0.5) is 0 Å². The molecule has 6 nitrogen and oxygen atoms in total. The van der Waals surface area contributed by atoms with Gasteiger partial charge in [-0.05, 0) is 26.0 Å². The average molecular weight is 261 g/mol. The second-order valence-electron chi connectivity index (χ2n) is 4.44. The van der Waals surface area contributed by atoms with Gasteiger partial charge in [-0.1, -0.05) is 0 Å². The molecule has 2 aromatic heterocycles. The normalized spacial score (nSPS) is 10.7. The van der Waals surface area contributed by atoms with Crippen LogP contribution < -0.4 is 10.9 Å². The summed E-state index contributed by atoms with van der Waals surface area (Å²) >= 11 is 0. The molecule has 0 aliphatic carbocycles. The second-order valence-corrected chi connectivity index (χ2v) is 4.44. The van der Waals surface area contributed by atoms with Crippen molar-refractivity contribution in [2.45, 2.75) is 26.4 Å². The molecule has 19 heavy (non-hydrogen) atoms. The van der Waals surface area contributed by atoms with E-state index in [1.807, 2.05) is 13.8 Å². The van der Waals surface area contributed by atoms with E-state index in [1.54, 1.807) is 12.1 Å². The van der Waals surface area contributed by atoms with Gasteiger partial charge < -0.3 is 9.73 Å². The number of amides is 1. The average Bonchev–Trinajstić information content (AvgIpc) is 2.84. The van der Waals surface area contributed by atoms with Crippen molar-refractivity contribution in [1.29, 1.82) is 0 Å². The number of carbonyl (C=O) groups excluding carboxylic acids is 1. The third kappa shape index (κ3) is 3.31. The Morgan fingerprint density at radius 1 is 1.53 bits per heavy atom. The van der Waals surface area contributed by atoms with Crippen molar-refractivity contribution in [1.82, 2.24) is 14.9 Å². The molecular formula is C13H15N3O3.